The Bertz CT molecular complexity index is 284. The maximum absolute atomic E-state index is 11.4. The van der Waals surface area contributed by atoms with Crippen LogP contribution in [0.25, 0.3) is 0 Å². The van der Waals surface area contributed by atoms with Crippen molar-refractivity contribution < 1.29 is 4.79 Å². The largest absolute Gasteiger partial charge is 0.353 e. The van der Waals surface area contributed by atoms with Crippen molar-refractivity contribution >= 4 is 5.91 Å². The fourth-order valence-electron chi connectivity index (χ4n) is 1.30. The zero-order valence-electron chi connectivity index (χ0n) is 9.02. The van der Waals surface area contributed by atoms with Gasteiger partial charge in [-0.1, -0.05) is 13.3 Å². The Balaban J connectivity index is 2.17. The van der Waals surface area contributed by atoms with Crippen molar-refractivity contribution in [1.82, 2.24) is 14.9 Å². The van der Waals surface area contributed by atoms with E-state index in [0.717, 1.165) is 19.4 Å². The summed E-state index contributed by atoms with van der Waals surface area (Å²) in [6, 6.07) is -0.377. The molecule has 0 radical (unpaired) electrons. The normalized spacial score (nSPS) is 12.4. The third kappa shape index (κ3) is 4.12. The lowest BCUT2D eigenvalue weighted by atomic mass is 10.2. The summed E-state index contributed by atoms with van der Waals surface area (Å²) >= 11 is 0. The van der Waals surface area contributed by atoms with E-state index in [4.69, 9.17) is 5.73 Å². The molecule has 1 heterocycles. The SMILES string of the molecule is CCC[C@H](N)C(=O)NCCn1ccnc1. The average Bonchev–Trinajstić information content (AvgIpc) is 2.71. The Morgan fingerprint density at radius 3 is 3.07 bits per heavy atom. The van der Waals surface area contributed by atoms with E-state index in [1.165, 1.54) is 0 Å². The smallest absolute Gasteiger partial charge is 0.236 e. The molecular formula is C10H18N4O. The summed E-state index contributed by atoms with van der Waals surface area (Å²) in [6.45, 7) is 3.33. The first-order valence-electron chi connectivity index (χ1n) is 5.23. The third-order valence-corrected chi connectivity index (χ3v) is 2.16. The highest BCUT2D eigenvalue weighted by atomic mass is 16.2. The molecule has 0 fully saturated rings. The van der Waals surface area contributed by atoms with Gasteiger partial charge in [-0.05, 0) is 6.42 Å². The van der Waals surface area contributed by atoms with Gasteiger partial charge in [0.25, 0.3) is 0 Å². The molecule has 84 valence electrons. The summed E-state index contributed by atoms with van der Waals surface area (Å²) in [7, 11) is 0. The average molecular weight is 210 g/mol. The lowest BCUT2D eigenvalue weighted by molar-refractivity contribution is -0.122. The number of nitrogens with zero attached hydrogens (tertiary/aromatic N) is 2. The van der Waals surface area contributed by atoms with Gasteiger partial charge in [0.15, 0.2) is 0 Å². The molecule has 15 heavy (non-hydrogen) atoms. The van der Waals surface area contributed by atoms with Gasteiger partial charge in [-0.15, -0.1) is 0 Å². The Morgan fingerprint density at radius 2 is 2.47 bits per heavy atom. The van der Waals surface area contributed by atoms with E-state index < -0.39 is 0 Å². The molecule has 1 rings (SSSR count). The van der Waals surface area contributed by atoms with Gasteiger partial charge in [0.2, 0.25) is 5.91 Å². The van der Waals surface area contributed by atoms with Crippen LogP contribution in [0.15, 0.2) is 18.7 Å². The zero-order chi connectivity index (χ0) is 11.1. The van der Waals surface area contributed by atoms with Crippen LogP contribution >= 0.6 is 0 Å². The van der Waals surface area contributed by atoms with Crippen LogP contribution in [0, 0.1) is 0 Å². The molecule has 0 aliphatic heterocycles. The van der Waals surface area contributed by atoms with Crippen LogP contribution in [0.4, 0.5) is 0 Å². The second-order valence-electron chi connectivity index (χ2n) is 3.49. The van der Waals surface area contributed by atoms with Crippen LogP contribution in [0.5, 0.6) is 0 Å². The van der Waals surface area contributed by atoms with Crippen LogP contribution in [0.1, 0.15) is 19.8 Å². The molecule has 0 aliphatic rings. The number of carbonyl (C=O) groups excluding carboxylic acids is 1. The van der Waals surface area contributed by atoms with E-state index in [9.17, 15) is 4.79 Å². The van der Waals surface area contributed by atoms with Gasteiger partial charge in [-0.3, -0.25) is 4.79 Å². The van der Waals surface area contributed by atoms with E-state index in [0.29, 0.717) is 6.54 Å². The highest BCUT2D eigenvalue weighted by molar-refractivity contribution is 5.81. The van der Waals surface area contributed by atoms with E-state index in [1.807, 2.05) is 17.7 Å². The Labute approximate surface area is 89.7 Å². The molecule has 0 spiro atoms. The first-order valence-corrected chi connectivity index (χ1v) is 5.23. The molecule has 0 saturated carbocycles. The van der Waals surface area contributed by atoms with Gasteiger partial charge < -0.3 is 15.6 Å². The highest BCUT2D eigenvalue weighted by Gasteiger charge is 2.10. The number of imidazole rings is 1. The van der Waals surface area contributed by atoms with Crippen LogP contribution in [-0.2, 0) is 11.3 Å². The van der Waals surface area contributed by atoms with Crippen molar-refractivity contribution in [3.8, 4) is 0 Å². The molecule has 0 unspecified atom stereocenters. The predicted molar refractivity (Wildman–Crippen MR) is 58.1 cm³/mol. The number of nitrogens with one attached hydrogen (secondary N) is 1. The van der Waals surface area contributed by atoms with E-state index in [-0.39, 0.29) is 11.9 Å². The number of carbonyl (C=O) groups is 1. The lowest BCUT2D eigenvalue weighted by Gasteiger charge is -2.11. The van der Waals surface area contributed by atoms with Gasteiger partial charge in [-0.2, -0.15) is 0 Å². The second-order valence-corrected chi connectivity index (χ2v) is 3.49. The third-order valence-electron chi connectivity index (χ3n) is 2.16. The van der Waals surface area contributed by atoms with E-state index >= 15 is 0 Å². The first kappa shape index (κ1) is 11.7. The maximum Gasteiger partial charge on any atom is 0.236 e. The molecule has 1 atom stereocenters. The number of hydrogen-bond donors (Lipinski definition) is 2. The topological polar surface area (TPSA) is 72.9 Å². The van der Waals surface area contributed by atoms with Crippen molar-refractivity contribution in [2.45, 2.75) is 32.4 Å². The molecule has 5 heteroatoms. The summed E-state index contributed by atoms with van der Waals surface area (Å²) < 4.78 is 1.91. The quantitative estimate of drug-likeness (QED) is 0.700. The molecular weight excluding hydrogens is 192 g/mol. The summed E-state index contributed by atoms with van der Waals surface area (Å²) in [6.07, 6.45) is 6.95. The Hall–Kier alpha value is -1.36. The number of nitrogens with two attached hydrogens (primary N) is 1. The lowest BCUT2D eigenvalue weighted by Crippen LogP contribution is -2.41. The fourth-order valence-corrected chi connectivity index (χ4v) is 1.30. The molecule has 1 amide bonds. The molecule has 1 aromatic rings. The van der Waals surface area contributed by atoms with Crippen LogP contribution < -0.4 is 11.1 Å². The number of amides is 1. The van der Waals surface area contributed by atoms with Gasteiger partial charge in [0.1, 0.15) is 0 Å². The second kappa shape index (κ2) is 6.19. The first-order chi connectivity index (χ1) is 7.24. The molecule has 0 bridgehead atoms. The molecule has 0 aromatic carbocycles. The number of aromatic nitrogens is 2. The monoisotopic (exact) mass is 210 g/mol. The van der Waals surface area contributed by atoms with Crippen molar-refractivity contribution in [2.75, 3.05) is 6.54 Å². The number of rotatable bonds is 6. The van der Waals surface area contributed by atoms with Crippen molar-refractivity contribution in [2.24, 2.45) is 5.73 Å². The summed E-state index contributed by atoms with van der Waals surface area (Å²) in [5.74, 6) is -0.0723. The summed E-state index contributed by atoms with van der Waals surface area (Å²) in [5.41, 5.74) is 5.66. The van der Waals surface area contributed by atoms with Gasteiger partial charge in [0.05, 0.1) is 12.4 Å². The predicted octanol–water partition coefficient (Wildman–Crippen LogP) is 0.127. The van der Waals surface area contributed by atoms with Crippen LogP contribution in [-0.4, -0.2) is 28.0 Å². The summed E-state index contributed by atoms with van der Waals surface area (Å²) in [5, 5.41) is 2.79. The number of hydrogen-bond acceptors (Lipinski definition) is 3. The van der Waals surface area contributed by atoms with Crippen LogP contribution in [0.3, 0.4) is 0 Å². The zero-order valence-corrected chi connectivity index (χ0v) is 9.02. The molecule has 5 nitrogen and oxygen atoms in total. The van der Waals surface area contributed by atoms with Crippen molar-refractivity contribution in [3.05, 3.63) is 18.7 Å². The van der Waals surface area contributed by atoms with Crippen LogP contribution in [0.2, 0.25) is 0 Å². The minimum Gasteiger partial charge on any atom is -0.353 e. The molecule has 1 aromatic heterocycles. The van der Waals surface area contributed by atoms with Gasteiger partial charge in [0, 0.05) is 25.5 Å². The van der Waals surface area contributed by atoms with Crippen molar-refractivity contribution in [3.63, 3.8) is 0 Å². The Morgan fingerprint density at radius 1 is 1.67 bits per heavy atom. The highest BCUT2D eigenvalue weighted by Crippen LogP contribution is 1.92. The minimum atomic E-state index is -0.377. The van der Waals surface area contributed by atoms with Gasteiger partial charge >= 0.3 is 0 Å². The summed E-state index contributed by atoms with van der Waals surface area (Å²) in [4.78, 5) is 15.3. The standard InChI is InChI=1S/C10H18N4O/c1-2-3-9(11)10(15)13-5-7-14-6-4-12-8-14/h4,6,8-9H,2-3,5,7,11H2,1H3,(H,13,15)/t9-/m0/s1. The maximum atomic E-state index is 11.4. The van der Waals surface area contributed by atoms with Gasteiger partial charge in [-0.25, -0.2) is 4.98 Å². The molecule has 0 aliphatic carbocycles. The van der Waals surface area contributed by atoms with Crippen molar-refractivity contribution in [1.29, 1.82) is 0 Å². The Kier molecular flexibility index (Phi) is 4.83. The minimum absolute atomic E-state index is 0.0723. The molecule has 3 N–H and O–H groups in total. The fraction of sp³-hybridized carbons (Fsp3) is 0.600. The molecule has 0 saturated heterocycles. The van der Waals surface area contributed by atoms with E-state index in [2.05, 4.69) is 10.3 Å². The van der Waals surface area contributed by atoms with E-state index in [1.54, 1.807) is 12.5 Å².